The van der Waals surface area contributed by atoms with E-state index in [2.05, 4.69) is 44.4 Å². The molecule has 0 radical (unpaired) electrons. The number of hydrogen-bond acceptors (Lipinski definition) is 3. The summed E-state index contributed by atoms with van der Waals surface area (Å²) in [6.45, 7) is 15.6. The molecule has 0 aromatic rings. The van der Waals surface area contributed by atoms with Crippen LogP contribution in [0.25, 0.3) is 0 Å². The van der Waals surface area contributed by atoms with Crippen LogP contribution in [0.4, 0.5) is 0 Å². The number of rotatable bonds is 9. The largest absolute Gasteiger partial charge is 0.267 e. The van der Waals surface area contributed by atoms with Gasteiger partial charge < -0.3 is 0 Å². The first-order chi connectivity index (χ1) is 8.68. The monoisotopic (exact) mass is 253 g/mol. The minimum absolute atomic E-state index is 0.0758. The molecule has 1 saturated carbocycles. The molecule has 3 nitrogen and oxygen atoms in total. The highest BCUT2D eigenvalue weighted by Gasteiger charge is 2.40. The van der Waals surface area contributed by atoms with Crippen molar-refractivity contribution in [2.45, 2.75) is 66.1 Å². The van der Waals surface area contributed by atoms with E-state index < -0.39 is 0 Å². The molecule has 0 N–H and O–H groups in total. The van der Waals surface area contributed by atoms with E-state index in [1.54, 1.807) is 0 Å². The van der Waals surface area contributed by atoms with Gasteiger partial charge in [-0.3, -0.25) is 14.8 Å². The molecule has 18 heavy (non-hydrogen) atoms. The van der Waals surface area contributed by atoms with Gasteiger partial charge in [0.2, 0.25) is 0 Å². The highest BCUT2D eigenvalue weighted by molar-refractivity contribution is 5.98. The lowest BCUT2D eigenvalue weighted by molar-refractivity contribution is -0.0504. The Morgan fingerprint density at radius 2 is 1.33 bits per heavy atom. The third kappa shape index (κ3) is 3.33. The van der Waals surface area contributed by atoms with Crippen molar-refractivity contribution >= 4 is 5.71 Å². The summed E-state index contributed by atoms with van der Waals surface area (Å²) in [7, 11) is 0. The van der Waals surface area contributed by atoms with Crippen molar-refractivity contribution in [2.75, 3.05) is 26.2 Å². The average Bonchev–Trinajstić information content (AvgIpc) is 3.16. The highest BCUT2D eigenvalue weighted by Crippen LogP contribution is 2.31. The van der Waals surface area contributed by atoms with E-state index in [1.165, 1.54) is 25.0 Å². The van der Waals surface area contributed by atoms with E-state index in [9.17, 15) is 0 Å². The molecule has 0 amide bonds. The van der Waals surface area contributed by atoms with Gasteiger partial charge in [-0.05, 0) is 39.0 Å². The molecule has 0 heterocycles. The van der Waals surface area contributed by atoms with E-state index in [0.717, 1.165) is 32.6 Å². The van der Waals surface area contributed by atoms with Gasteiger partial charge in [-0.2, -0.15) is 0 Å². The molecule has 1 fully saturated rings. The minimum atomic E-state index is -0.0758. The van der Waals surface area contributed by atoms with Crippen molar-refractivity contribution in [1.82, 2.24) is 9.80 Å². The maximum Gasteiger partial charge on any atom is 0.169 e. The number of hydrogen-bond donors (Lipinski definition) is 0. The second-order valence-electron chi connectivity index (χ2n) is 5.05. The fraction of sp³-hybridized carbons (Fsp3) is 0.933. The van der Waals surface area contributed by atoms with Crippen molar-refractivity contribution in [1.29, 1.82) is 0 Å². The third-order valence-corrected chi connectivity index (χ3v) is 3.94. The molecule has 0 atom stereocenters. The molecule has 1 rings (SSSR count). The van der Waals surface area contributed by atoms with Gasteiger partial charge in [-0.1, -0.05) is 41.0 Å². The van der Waals surface area contributed by atoms with E-state index in [4.69, 9.17) is 4.99 Å². The molecular weight excluding hydrogens is 222 g/mol. The molecule has 0 unspecified atom stereocenters. The van der Waals surface area contributed by atoms with Crippen molar-refractivity contribution in [3.63, 3.8) is 0 Å². The smallest absolute Gasteiger partial charge is 0.169 e. The lowest BCUT2D eigenvalue weighted by Crippen LogP contribution is -2.59. The first-order valence-corrected chi connectivity index (χ1v) is 7.76. The van der Waals surface area contributed by atoms with Crippen LogP contribution in [0, 0.1) is 0 Å². The molecule has 3 heteroatoms. The quantitative estimate of drug-likeness (QED) is 0.587. The van der Waals surface area contributed by atoms with E-state index in [1.807, 2.05) is 0 Å². The van der Waals surface area contributed by atoms with Crippen molar-refractivity contribution in [3.8, 4) is 0 Å². The van der Waals surface area contributed by atoms with Gasteiger partial charge in [0.1, 0.15) is 0 Å². The van der Waals surface area contributed by atoms with Crippen LogP contribution in [0.2, 0.25) is 0 Å². The zero-order valence-electron chi connectivity index (χ0n) is 13.0. The summed E-state index contributed by atoms with van der Waals surface area (Å²) in [4.78, 5) is 10.2. The van der Waals surface area contributed by atoms with E-state index in [-0.39, 0.29) is 5.79 Å². The first-order valence-electron chi connectivity index (χ1n) is 7.76. The van der Waals surface area contributed by atoms with Crippen LogP contribution in [0.3, 0.4) is 0 Å². The average molecular weight is 253 g/mol. The van der Waals surface area contributed by atoms with Crippen molar-refractivity contribution < 1.29 is 0 Å². The Morgan fingerprint density at radius 1 is 0.889 bits per heavy atom. The van der Waals surface area contributed by atoms with Crippen molar-refractivity contribution in [2.24, 2.45) is 4.99 Å². The Bertz CT molecular complexity index is 247. The Morgan fingerprint density at radius 3 is 1.61 bits per heavy atom. The van der Waals surface area contributed by atoms with Gasteiger partial charge in [0.05, 0.1) is 0 Å². The van der Waals surface area contributed by atoms with Crippen LogP contribution in [0.1, 0.15) is 60.3 Å². The van der Waals surface area contributed by atoms with Crippen molar-refractivity contribution in [3.05, 3.63) is 0 Å². The fourth-order valence-electron chi connectivity index (χ4n) is 2.93. The highest BCUT2D eigenvalue weighted by atomic mass is 15.5. The Hall–Kier alpha value is -0.410. The van der Waals surface area contributed by atoms with Crippen LogP contribution < -0.4 is 0 Å². The summed E-state index contributed by atoms with van der Waals surface area (Å²) < 4.78 is 0. The summed E-state index contributed by atoms with van der Waals surface area (Å²) in [5.74, 6) is -0.0758. The molecule has 0 spiro atoms. The molecule has 0 aromatic heterocycles. The van der Waals surface area contributed by atoms with Crippen LogP contribution in [0.5, 0.6) is 0 Å². The topological polar surface area (TPSA) is 18.8 Å². The summed E-state index contributed by atoms with van der Waals surface area (Å²) in [6.07, 6.45) is 4.76. The molecule has 1 aliphatic rings. The predicted octanol–water partition coefficient (Wildman–Crippen LogP) is 3.36. The maximum atomic E-state index is 5.16. The molecule has 0 aromatic carbocycles. The van der Waals surface area contributed by atoms with E-state index in [0.29, 0.717) is 0 Å². The molecule has 0 bridgehead atoms. The van der Waals surface area contributed by atoms with Gasteiger partial charge >= 0.3 is 0 Å². The SMILES string of the molecule is CCCC(N=C1CC1)(N(CC)CC)N(CC)CC. The van der Waals surface area contributed by atoms with Crippen LogP contribution in [0.15, 0.2) is 4.99 Å². The zero-order valence-corrected chi connectivity index (χ0v) is 13.0. The number of nitrogens with zero attached hydrogens (tertiary/aromatic N) is 3. The summed E-state index contributed by atoms with van der Waals surface area (Å²) in [6, 6.07) is 0. The predicted molar refractivity (Wildman–Crippen MR) is 80.2 cm³/mol. The minimum Gasteiger partial charge on any atom is -0.267 e. The van der Waals surface area contributed by atoms with Crippen LogP contribution in [-0.4, -0.2) is 47.5 Å². The van der Waals surface area contributed by atoms with Gasteiger partial charge in [-0.15, -0.1) is 0 Å². The van der Waals surface area contributed by atoms with Crippen LogP contribution >= 0.6 is 0 Å². The van der Waals surface area contributed by atoms with Gasteiger partial charge in [0.15, 0.2) is 5.79 Å². The van der Waals surface area contributed by atoms with Gasteiger partial charge in [0, 0.05) is 12.1 Å². The standard InChI is InChI=1S/C15H31N3/c1-6-13-15(16-14-11-12-14,17(7-2)8-3)18(9-4)10-5/h6-13H2,1-5H3. The molecule has 106 valence electrons. The Balaban J connectivity index is 3.10. The van der Waals surface area contributed by atoms with Gasteiger partial charge in [0.25, 0.3) is 0 Å². The maximum absolute atomic E-state index is 5.16. The Labute approximate surface area is 113 Å². The molecule has 0 saturated heterocycles. The second-order valence-corrected chi connectivity index (χ2v) is 5.05. The van der Waals surface area contributed by atoms with E-state index >= 15 is 0 Å². The lowest BCUT2D eigenvalue weighted by atomic mass is 10.1. The summed E-state index contributed by atoms with van der Waals surface area (Å²) >= 11 is 0. The van der Waals surface area contributed by atoms with Gasteiger partial charge in [-0.25, -0.2) is 0 Å². The summed E-state index contributed by atoms with van der Waals surface area (Å²) in [5, 5.41) is 0. The fourth-order valence-corrected chi connectivity index (χ4v) is 2.93. The summed E-state index contributed by atoms with van der Waals surface area (Å²) in [5.41, 5.74) is 1.42. The number of aliphatic imine (C=N–C) groups is 1. The Kier molecular flexibility index (Phi) is 6.30. The molecule has 0 aliphatic heterocycles. The molecule has 1 aliphatic carbocycles. The normalized spacial score (nSPS) is 15.6. The zero-order chi connectivity index (χ0) is 13.6. The second kappa shape index (κ2) is 7.25. The first kappa shape index (κ1) is 15.6. The van der Waals surface area contributed by atoms with Crippen LogP contribution in [-0.2, 0) is 0 Å². The molecular formula is C15H31N3. The third-order valence-electron chi connectivity index (χ3n) is 3.94. The lowest BCUT2D eigenvalue weighted by Gasteiger charge is -2.47.